The Hall–Kier alpha value is -2.08. The molecule has 6 heteroatoms. The van der Waals surface area contributed by atoms with E-state index in [9.17, 15) is 9.59 Å². The molecule has 0 radical (unpaired) electrons. The molecule has 144 valence electrons. The summed E-state index contributed by atoms with van der Waals surface area (Å²) in [5, 5.41) is 0. The first-order chi connectivity index (χ1) is 12.4. The van der Waals surface area contributed by atoms with Crippen LogP contribution in [0.15, 0.2) is 6.08 Å². The van der Waals surface area contributed by atoms with Gasteiger partial charge in [-0.1, -0.05) is 0 Å². The number of methoxy groups -OCH3 is 1. The van der Waals surface area contributed by atoms with Gasteiger partial charge in [-0.15, -0.1) is 0 Å². The number of likely N-dealkylation sites (tertiary alicyclic amines) is 1. The maximum Gasteiger partial charge on any atom is 0.340 e. The molecule has 1 amide bonds. The molecule has 0 bridgehead atoms. The lowest BCUT2D eigenvalue weighted by atomic mass is 10.1. The van der Waals surface area contributed by atoms with Gasteiger partial charge in [0.1, 0.15) is 0 Å². The van der Waals surface area contributed by atoms with E-state index in [0.717, 1.165) is 36.3 Å². The number of carbonyl (C=O) groups is 2. The maximum absolute atomic E-state index is 12.5. The third-order valence-electron chi connectivity index (χ3n) is 5.11. The van der Waals surface area contributed by atoms with Gasteiger partial charge in [0, 0.05) is 49.8 Å². The fourth-order valence-corrected chi connectivity index (χ4v) is 3.62. The summed E-state index contributed by atoms with van der Waals surface area (Å²) in [7, 11) is 1.71. The fraction of sp³-hybridized carbons (Fsp3) is 0.600. The van der Waals surface area contributed by atoms with Crippen LogP contribution in [0.2, 0.25) is 0 Å². The van der Waals surface area contributed by atoms with Gasteiger partial charge in [-0.25, -0.2) is 4.79 Å². The van der Waals surface area contributed by atoms with Gasteiger partial charge in [-0.3, -0.25) is 4.79 Å². The van der Waals surface area contributed by atoms with Crippen LogP contribution in [0.3, 0.4) is 0 Å². The smallest absolute Gasteiger partial charge is 0.340 e. The summed E-state index contributed by atoms with van der Waals surface area (Å²) in [6, 6.07) is 0. The van der Waals surface area contributed by atoms with Crippen molar-refractivity contribution in [2.75, 3.05) is 26.8 Å². The van der Waals surface area contributed by atoms with E-state index in [1.807, 2.05) is 25.7 Å². The van der Waals surface area contributed by atoms with E-state index < -0.39 is 0 Å². The van der Waals surface area contributed by atoms with Crippen molar-refractivity contribution in [1.82, 2.24) is 9.47 Å². The van der Waals surface area contributed by atoms with Crippen LogP contribution >= 0.6 is 0 Å². The Morgan fingerprint density at radius 1 is 1.15 bits per heavy atom. The van der Waals surface area contributed by atoms with Gasteiger partial charge < -0.3 is 18.9 Å². The van der Waals surface area contributed by atoms with Crippen LogP contribution in [0.25, 0.3) is 6.08 Å². The lowest BCUT2D eigenvalue weighted by Crippen LogP contribution is -2.39. The molecule has 0 atom stereocenters. The SMILES string of the molecule is CCOC(=O)c1c(C=CC(=O)N2CCC(OC)CC2)c(C)n(CC)c1C. The van der Waals surface area contributed by atoms with Gasteiger partial charge in [-0.2, -0.15) is 0 Å². The molecule has 1 aromatic rings. The highest BCUT2D eigenvalue weighted by atomic mass is 16.5. The van der Waals surface area contributed by atoms with Crippen molar-refractivity contribution in [2.24, 2.45) is 0 Å². The lowest BCUT2D eigenvalue weighted by Gasteiger charge is -2.30. The van der Waals surface area contributed by atoms with E-state index in [0.29, 0.717) is 25.3 Å². The van der Waals surface area contributed by atoms with Crippen LogP contribution in [0.5, 0.6) is 0 Å². The van der Waals surface area contributed by atoms with Crippen molar-refractivity contribution in [3.63, 3.8) is 0 Å². The topological polar surface area (TPSA) is 60.8 Å². The predicted molar refractivity (Wildman–Crippen MR) is 101 cm³/mol. The maximum atomic E-state index is 12.5. The van der Waals surface area contributed by atoms with Crippen LogP contribution in [0.4, 0.5) is 0 Å². The molecular formula is C20H30N2O4. The van der Waals surface area contributed by atoms with E-state index >= 15 is 0 Å². The van der Waals surface area contributed by atoms with Crippen LogP contribution in [0.1, 0.15) is 54.0 Å². The molecule has 1 saturated heterocycles. The number of esters is 1. The number of nitrogens with zero attached hydrogens (tertiary/aromatic N) is 2. The normalized spacial score (nSPS) is 15.7. The molecule has 0 spiro atoms. The zero-order valence-electron chi connectivity index (χ0n) is 16.5. The quantitative estimate of drug-likeness (QED) is 0.577. The summed E-state index contributed by atoms with van der Waals surface area (Å²) < 4.78 is 12.6. The highest BCUT2D eigenvalue weighted by Crippen LogP contribution is 2.25. The Kier molecular flexibility index (Phi) is 7.03. The standard InChI is InChI=1S/C20H30N2O4/c1-6-22-14(3)17(19(15(22)4)20(24)26-7-2)8-9-18(23)21-12-10-16(25-5)11-13-21/h8-9,16H,6-7,10-13H2,1-5H3. The highest BCUT2D eigenvalue weighted by molar-refractivity contribution is 5.98. The number of amides is 1. The van der Waals surface area contributed by atoms with Crippen molar-refractivity contribution < 1.29 is 19.1 Å². The van der Waals surface area contributed by atoms with E-state index in [-0.39, 0.29) is 18.0 Å². The molecule has 26 heavy (non-hydrogen) atoms. The molecule has 0 saturated carbocycles. The zero-order valence-corrected chi connectivity index (χ0v) is 16.5. The number of hydrogen-bond acceptors (Lipinski definition) is 4. The average Bonchev–Trinajstić information content (AvgIpc) is 2.89. The summed E-state index contributed by atoms with van der Waals surface area (Å²) in [4.78, 5) is 26.8. The third-order valence-corrected chi connectivity index (χ3v) is 5.11. The van der Waals surface area contributed by atoms with Crippen molar-refractivity contribution >= 4 is 18.0 Å². The van der Waals surface area contributed by atoms with E-state index in [2.05, 4.69) is 4.57 Å². The lowest BCUT2D eigenvalue weighted by molar-refractivity contribution is -0.128. The molecule has 0 N–H and O–H groups in total. The number of hydrogen-bond donors (Lipinski definition) is 0. The van der Waals surface area contributed by atoms with Gasteiger partial charge in [-0.05, 0) is 46.6 Å². The summed E-state index contributed by atoms with van der Waals surface area (Å²) in [5.74, 6) is -0.371. The molecule has 0 unspecified atom stereocenters. The Morgan fingerprint density at radius 2 is 1.81 bits per heavy atom. The second-order valence-corrected chi connectivity index (χ2v) is 6.52. The van der Waals surface area contributed by atoms with E-state index in [1.54, 1.807) is 26.2 Å². The minimum atomic E-state index is -0.340. The molecule has 2 rings (SSSR count). The van der Waals surface area contributed by atoms with Crippen LogP contribution < -0.4 is 0 Å². The number of carbonyl (C=O) groups excluding carboxylic acids is 2. The second kappa shape index (κ2) is 9.03. The Bertz CT molecular complexity index is 682. The summed E-state index contributed by atoms with van der Waals surface area (Å²) >= 11 is 0. The minimum Gasteiger partial charge on any atom is -0.462 e. The third kappa shape index (κ3) is 4.18. The zero-order chi connectivity index (χ0) is 19.3. The van der Waals surface area contributed by atoms with E-state index in [1.165, 1.54) is 0 Å². The highest BCUT2D eigenvalue weighted by Gasteiger charge is 2.24. The Morgan fingerprint density at radius 3 is 2.35 bits per heavy atom. The summed E-state index contributed by atoms with van der Waals surface area (Å²) in [5.41, 5.74) is 3.16. The summed E-state index contributed by atoms with van der Waals surface area (Å²) in [6.45, 7) is 10.2. The number of ether oxygens (including phenoxy) is 2. The first-order valence-electron chi connectivity index (χ1n) is 9.31. The molecule has 6 nitrogen and oxygen atoms in total. The first-order valence-corrected chi connectivity index (χ1v) is 9.31. The molecule has 2 heterocycles. The van der Waals surface area contributed by atoms with Crippen molar-refractivity contribution in [3.8, 4) is 0 Å². The molecule has 0 aromatic carbocycles. The van der Waals surface area contributed by atoms with Gasteiger partial charge in [0.25, 0.3) is 0 Å². The van der Waals surface area contributed by atoms with Crippen LogP contribution in [-0.2, 0) is 20.8 Å². The van der Waals surface area contributed by atoms with Gasteiger partial charge in [0.05, 0.1) is 18.3 Å². The molecule has 1 aromatic heterocycles. The Labute approximate surface area is 155 Å². The largest absolute Gasteiger partial charge is 0.462 e. The molecule has 1 fully saturated rings. The number of piperidine rings is 1. The van der Waals surface area contributed by atoms with Gasteiger partial charge >= 0.3 is 5.97 Å². The number of rotatable bonds is 6. The average molecular weight is 362 g/mol. The van der Waals surface area contributed by atoms with E-state index in [4.69, 9.17) is 9.47 Å². The second-order valence-electron chi connectivity index (χ2n) is 6.52. The van der Waals surface area contributed by atoms with Crippen molar-refractivity contribution in [1.29, 1.82) is 0 Å². The number of aromatic nitrogens is 1. The molecular weight excluding hydrogens is 332 g/mol. The summed E-state index contributed by atoms with van der Waals surface area (Å²) in [6.07, 6.45) is 5.27. The fourth-order valence-electron chi connectivity index (χ4n) is 3.62. The van der Waals surface area contributed by atoms with Crippen LogP contribution in [0, 0.1) is 13.8 Å². The Balaban J connectivity index is 2.23. The van der Waals surface area contributed by atoms with Gasteiger partial charge in [0.2, 0.25) is 5.91 Å². The molecule has 0 aliphatic carbocycles. The van der Waals surface area contributed by atoms with Crippen molar-refractivity contribution in [2.45, 2.75) is 53.2 Å². The molecule has 1 aliphatic rings. The molecule has 1 aliphatic heterocycles. The monoisotopic (exact) mass is 362 g/mol. The predicted octanol–water partition coefficient (Wildman–Crippen LogP) is 2.95. The minimum absolute atomic E-state index is 0.0318. The van der Waals surface area contributed by atoms with Gasteiger partial charge in [0.15, 0.2) is 0 Å². The van der Waals surface area contributed by atoms with Crippen LogP contribution in [-0.4, -0.2) is 54.3 Å². The first kappa shape index (κ1) is 20.2. The van der Waals surface area contributed by atoms with Crippen molar-refractivity contribution in [3.05, 3.63) is 28.6 Å².